The van der Waals surface area contributed by atoms with Crippen LogP contribution in [0.25, 0.3) is 0 Å². The Morgan fingerprint density at radius 1 is 1.37 bits per heavy atom. The van der Waals surface area contributed by atoms with Crippen molar-refractivity contribution in [2.75, 3.05) is 0 Å². The minimum absolute atomic E-state index is 0.730. The maximum absolute atomic E-state index is 5.86. The fourth-order valence-electron chi connectivity index (χ4n) is 1.73. The molecular weight excluding hydrogens is 254 g/mol. The molecule has 0 fully saturated rings. The van der Waals surface area contributed by atoms with Gasteiger partial charge in [0.2, 0.25) is 9.04 Å². The van der Waals surface area contributed by atoms with E-state index in [2.05, 4.69) is 23.1 Å². The third-order valence-corrected chi connectivity index (χ3v) is 3.24. The van der Waals surface area contributed by atoms with E-state index in [-0.39, 0.29) is 0 Å². The van der Waals surface area contributed by atoms with Gasteiger partial charge in [0.25, 0.3) is 0 Å². The van der Waals surface area contributed by atoms with Crippen LogP contribution < -0.4 is 4.43 Å². The van der Waals surface area contributed by atoms with Gasteiger partial charge >= 0.3 is 0 Å². The molecule has 0 atom stereocenters. The Morgan fingerprint density at radius 2 is 2.16 bits per heavy atom. The summed E-state index contributed by atoms with van der Waals surface area (Å²) in [6.45, 7) is 4.29. The number of imidazole rings is 1. The number of hydrogen-bond acceptors (Lipinski definition) is 3. The lowest BCUT2D eigenvalue weighted by atomic mass is 10.3. The molecule has 2 aromatic rings. The monoisotopic (exact) mass is 273 g/mol. The average Bonchev–Trinajstić information content (AvgIpc) is 2.77. The Bertz CT molecular complexity index is 563. The summed E-state index contributed by atoms with van der Waals surface area (Å²) in [5.74, 6) is 0.876. The molecule has 0 saturated heterocycles. The van der Waals surface area contributed by atoms with E-state index in [9.17, 15) is 0 Å². The number of hydrogen-bond donors (Lipinski definition) is 0. The Kier molecular flexibility index (Phi) is 4.51. The molecule has 1 aromatic heterocycles. The topological polar surface area (TPSA) is 39.4 Å². The van der Waals surface area contributed by atoms with Crippen LogP contribution in [0.4, 0.5) is 5.69 Å². The van der Waals surface area contributed by atoms with Gasteiger partial charge in [-0.3, -0.25) is 4.99 Å². The Labute approximate surface area is 115 Å². The smallest absolute Gasteiger partial charge is 0.229 e. The molecule has 100 valence electrons. The highest BCUT2D eigenvalue weighted by Crippen LogP contribution is 2.26. The lowest BCUT2D eigenvalue weighted by Gasteiger charge is -2.11. The van der Waals surface area contributed by atoms with Crippen LogP contribution in [0.5, 0.6) is 5.75 Å². The second-order valence-electron chi connectivity index (χ2n) is 4.68. The normalized spacial score (nSPS) is 11.4. The van der Waals surface area contributed by atoms with Gasteiger partial charge in [0, 0.05) is 25.9 Å². The van der Waals surface area contributed by atoms with Gasteiger partial charge in [0.1, 0.15) is 11.4 Å². The molecule has 1 heterocycles. The predicted molar refractivity (Wildman–Crippen MR) is 81.0 cm³/mol. The number of rotatable bonds is 5. The summed E-state index contributed by atoms with van der Waals surface area (Å²) < 4.78 is 7.79. The first-order valence-electron chi connectivity index (χ1n) is 6.40. The number of benzene rings is 1. The Hall–Kier alpha value is -1.88. The first-order valence-corrected chi connectivity index (χ1v) is 9.18. The van der Waals surface area contributed by atoms with Crippen molar-refractivity contribution in [2.24, 2.45) is 12.0 Å². The van der Waals surface area contributed by atoms with Crippen molar-refractivity contribution in [3.8, 4) is 5.75 Å². The van der Waals surface area contributed by atoms with Crippen molar-refractivity contribution in [1.29, 1.82) is 0 Å². The first kappa shape index (κ1) is 13.5. The van der Waals surface area contributed by atoms with Crippen molar-refractivity contribution < 1.29 is 4.43 Å². The molecule has 0 aliphatic carbocycles. The summed E-state index contributed by atoms with van der Waals surface area (Å²) in [6.07, 6.45) is 6.40. The zero-order valence-corrected chi connectivity index (χ0v) is 12.7. The van der Waals surface area contributed by atoms with E-state index in [1.165, 1.54) is 0 Å². The molecule has 2 rings (SSSR count). The summed E-state index contributed by atoms with van der Waals surface area (Å²) in [5.41, 5.74) is 1.91. The minimum Gasteiger partial charge on any atom is -0.546 e. The first-order chi connectivity index (χ1) is 9.15. The molecule has 1 aromatic carbocycles. The fraction of sp³-hybridized carbons (Fsp3) is 0.286. The zero-order valence-electron chi connectivity index (χ0n) is 11.6. The Balaban J connectivity index is 2.05. The van der Waals surface area contributed by atoms with Gasteiger partial charge in [-0.15, -0.1) is 0 Å². The lowest BCUT2D eigenvalue weighted by molar-refractivity contribution is 0.582. The van der Waals surface area contributed by atoms with E-state index in [1.54, 1.807) is 6.33 Å². The van der Waals surface area contributed by atoms with Crippen LogP contribution >= 0.6 is 0 Å². The van der Waals surface area contributed by atoms with E-state index >= 15 is 0 Å². The van der Waals surface area contributed by atoms with Crippen LogP contribution in [-0.4, -0.2) is 24.8 Å². The average molecular weight is 273 g/mol. The molecule has 0 bridgehead atoms. The molecule has 19 heavy (non-hydrogen) atoms. The van der Waals surface area contributed by atoms with Gasteiger partial charge in [0.05, 0.1) is 12.0 Å². The van der Waals surface area contributed by atoms with Gasteiger partial charge in [0.15, 0.2) is 0 Å². The van der Waals surface area contributed by atoms with Crippen molar-refractivity contribution in [1.82, 2.24) is 9.55 Å². The number of para-hydroxylation sites is 2. The van der Waals surface area contributed by atoms with Crippen LogP contribution in [0.1, 0.15) is 5.69 Å². The fourth-order valence-corrected chi connectivity index (χ4v) is 2.43. The highest BCUT2D eigenvalue weighted by molar-refractivity contribution is 6.49. The summed E-state index contributed by atoms with van der Waals surface area (Å²) in [5, 5.41) is 0. The van der Waals surface area contributed by atoms with E-state index in [0.29, 0.717) is 0 Å². The molecule has 0 unspecified atom stereocenters. The van der Waals surface area contributed by atoms with Crippen molar-refractivity contribution in [3.63, 3.8) is 0 Å². The maximum atomic E-state index is 5.86. The quantitative estimate of drug-likeness (QED) is 0.620. The standard InChI is InChI=1S/C14H19N3OSi/c1-17-10-12(16-11-17)8-9-15-13-6-4-5-7-14(13)18-19(2)3/h4-7,9-11,19H,8H2,1-3H3. The highest BCUT2D eigenvalue weighted by atomic mass is 28.3. The third kappa shape index (κ3) is 4.06. The third-order valence-electron chi connectivity index (χ3n) is 2.52. The molecule has 0 aliphatic rings. The molecule has 4 nitrogen and oxygen atoms in total. The molecule has 0 N–H and O–H groups in total. The molecule has 5 heteroatoms. The van der Waals surface area contributed by atoms with Gasteiger partial charge in [-0.2, -0.15) is 0 Å². The number of nitrogens with zero attached hydrogens (tertiary/aromatic N) is 3. The van der Waals surface area contributed by atoms with Crippen LogP contribution in [0.15, 0.2) is 41.8 Å². The maximum Gasteiger partial charge on any atom is 0.229 e. The van der Waals surface area contributed by atoms with Crippen LogP contribution in [-0.2, 0) is 13.5 Å². The van der Waals surface area contributed by atoms with Crippen molar-refractivity contribution in [3.05, 3.63) is 42.5 Å². The molecular formula is C14H19N3OSi. The largest absolute Gasteiger partial charge is 0.546 e. The second-order valence-corrected chi connectivity index (χ2v) is 7.01. The number of aryl methyl sites for hydroxylation is 1. The van der Waals surface area contributed by atoms with E-state index in [1.807, 2.05) is 48.3 Å². The van der Waals surface area contributed by atoms with Crippen molar-refractivity contribution in [2.45, 2.75) is 19.5 Å². The van der Waals surface area contributed by atoms with E-state index < -0.39 is 9.04 Å². The molecule has 0 radical (unpaired) electrons. The SMILES string of the molecule is Cn1cnc(CC=Nc2ccccc2O[SiH](C)C)c1. The van der Waals surface area contributed by atoms with E-state index in [4.69, 9.17) is 4.43 Å². The van der Waals surface area contributed by atoms with Gasteiger partial charge in [-0.1, -0.05) is 12.1 Å². The van der Waals surface area contributed by atoms with Gasteiger partial charge < -0.3 is 8.99 Å². The lowest BCUT2D eigenvalue weighted by Crippen LogP contribution is -2.11. The summed E-state index contributed by atoms with van der Waals surface area (Å²) in [6, 6.07) is 7.90. The Morgan fingerprint density at radius 3 is 2.84 bits per heavy atom. The molecule has 0 saturated carbocycles. The van der Waals surface area contributed by atoms with Crippen LogP contribution in [0.2, 0.25) is 13.1 Å². The minimum atomic E-state index is -1.10. The zero-order chi connectivity index (χ0) is 13.7. The van der Waals surface area contributed by atoms with Crippen LogP contribution in [0, 0.1) is 0 Å². The summed E-state index contributed by atoms with van der Waals surface area (Å²) in [4.78, 5) is 8.75. The summed E-state index contributed by atoms with van der Waals surface area (Å²) >= 11 is 0. The van der Waals surface area contributed by atoms with Crippen LogP contribution in [0.3, 0.4) is 0 Å². The van der Waals surface area contributed by atoms with Gasteiger partial charge in [-0.05, 0) is 25.2 Å². The molecule has 0 spiro atoms. The second kappa shape index (κ2) is 6.33. The summed E-state index contributed by atoms with van der Waals surface area (Å²) in [7, 11) is 0.857. The predicted octanol–water partition coefficient (Wildman–Crippen LogP) is 2.73. The number of aliphatic imine (C=N–C) groups is 1. The van der Waals surface area contributed by atoms with Gasteiger partial charge in [-0.25, -0.2) is 4.98 Å². The molecule has 0 aliphatic heterocycles. The van der Waals surface area contributed by atoms with Crippen molar-refractivity contribution >= 4 is 20.9 Å². The number of aromatic nitrogens is 2. The van der Waals surface area contributed by atoms with E-state index in [0.717, 1.165) is 23.6 Å². The molecule has 0 amide bonds. The highest BCUT2D eigenvalue weighted by Gasteiger charge is 2.03.